The van der Waals surface area contributed by atoms with Gasteiger partial charge in [0.25, 0.3) is 5.91 Å². The van der Waals surface area contributed by atoms with E-state index >= 15 is 0 Å². The lowest BCUT2D eigenvalue weighted by molar-refractivity contribution is -0.130. The number of halogens is 1. The van der Waals surface area contributed by atoms with Gasteiger partial charge in [0.05, 0.1) is 6.04 Å². The molecule has 2 N–H and O–H groups in total. The molecule has 1 aliphatic carbocycles. The third-order valence-corrected chi connectivity index (χ3v) is 4.35. The van der Waals surface area contributed by atoms with Crippen LogP contribution in [0.15, 0.2) is 15.8 Å². The van der Waals surface area contributed by atoms with Crippen LogP contribution in [0.5, 0.6) is 0 Å². The molecule has 0 heterocycles. The number of aliphatic hydroxyl groups is 1. The van der Waals surface area contributed by atoms with Crippen molar-refractivity contribution in [3.8, 4) is 0 Å². The van der Waals surface area contributed by atoms with Gasteiger partial charge in [-0.05, 0) is 38.3 Å². The van der Waals surface area contributed by atoms with Crippen LogP contribution in [0.4, 0.5) is 0 Å². The quantitative estimate of drug-likeness (QED) is 0.418. The van der Waals surface area contributed by atoms with Gasteiger partial charge in [-0.2, -0.15) is 0 Å². The zero-order chi connectivity index (χ0) is 12.7. The van der Waals surface area contributed by atoms with Gasteiger partial charge in [-0.15, -0.1) is 6.58 Å². The van der Waals surface area contributed by atoms with Crippen LogP contribution in [0.3, 0.4) is 0 Å². The molecule has 0 bridgehead atoms. The summed E-state index contributed by atoms with van der Waals surface area (Å²) in [7, 11) is 0. The number of carbonyl (C=O) groups is 1. The standard InChI is InChI=1S/C12H21IN2O2/c1-3-7-14-12(17)11(16)10(15-13-2)8-9-5-4-6-9/h3,9-11,16H,1,4-8H2,2H3,(H,14,17). The number of aliphatic hydroxyl groups excluding tert-OH is 1. The zero-order valence-corrected chi connectivity index (χ0v) is 12.4. The maximum absolute atomic E-state index is 11.6. The highest BCUT2D eigenvalue weighted by atomic mass is 127. The van der Waals surface area contributed by atoms with Crippen LogP contribution in [0, 0.1) is 5.92 Å². The van der Waals surface area contributed by atoms with Gasteiger partial charge in [0.15, 0.2) is 6.10 Å². The highest BCUT2D eigenvalue weighted by molar-refractivity contribution is 14.2. The maximum atomic E-state index is 11.6. The second-order valence-electron chi connectivity index (χ2n) is 4.35. The summed E-state index contributed by atoms with van der Waals surface area (Å²) in [5.41, 5.74) is 0. The van der Waals surface area contributed by atoms with Gasteiger partial charge in [0, 0.05) is 6.54 Å². The van der Waals surface area contributed by atoms with E-state index in [1.807, 2.05) is 4.93 Å². The molecule has 0 aromatic rings. The number of alkyl halides is 1. The molecule has 0 aromatic carbocycles. The number of nitrogens with zero attached hydrogens (tertiary/aromatic N) is 1. The Hall–Kier alpha value is -0.300. The summed E-state index contributed by atoms with van der Waals surface area (Å²) < 4.78 is 4.45. The summed E-state index contributed by atoms with van der Waals surface area (Å²) in [5, 5.41) is 12.6. The van der Waals surface area contributed by atoms with Crippen molar-refractivity contribution in [1.29, 1.82) is 0 Å². The highest BCUT2D eigenvalue weighted by Gasteiger charge is 2.30. The van der Waals surface area contributed by atoms with E-state index in [9.17, 15) is 9.90 Å². The monoisotopic (exact) mass is 352 g/mol. The minimum atomic E-state index is -0.991. The molecule has 1 fully saturated rings. The molecule has 4 nitrogen and oxygen atoms in total. The predicted molar refractivity (Wildman–Crippen MR) is 77.3 cm³/mol. The fourth-order valence-electron chi connectivity index (χ4n) is 1.87. The Morgan fingerprint density at radius 2 is 2.41 bits per heavy atom. The third kappa shape index (κ3) is 4.83. The van der Waals surface area contributed by atoms with Crippen molar-refractivity contribution in [3.05, 3.63) is 12.7 Å². The number of amides is 1. The first-order chi connectivity index (χ1) is 8.19. The number of rotatable bonds is 7. The molecule has 1 rings (SSSR count). The van der Waals surface area contributed by atoms with Gasteiger partial charge in [-0.1, -0.05) is 25.3 Å². The third-order valence-electron chi connectivity index (χ3n) is 3.08. The first-order valence-electron chi connectivity index (χ1n) is 5.94. The van der Waals surface area contributed by atoms with Crippen LogP contribution < -0.4 is 5.32 Å². The van der Waals surface area contributed by atoms with E-state index in [4.69, 9.17) is 0 Å². The minimum Gasteiger partial charge on any atom is -0.381 e. The average molecular weight is 352 g/mol. The van der Waals surface area contributed by atoms with Crippen molar-refractivity contribution in [2.75, 3.05) is 11.5 Å². The summed E-state index contributed by atoms with van der Waals surface area (Å²) >= 11 is -0.254. The van der Waals surface area contributed by atoms with Gasteiger partial charge in [-0.3, -0.25) is 7.94 Å². The van der Waals surface area contributed by atoms with E-state index in [-0.39, 0.29) is 33.0 Å². The number of carbonyl (C=O) groups excluding carboxylic acids is 1. The number of nitrogens with one attached hydrogen (secondary N) is 1. The Morgan fingerprint density at radius 1 is 1.71 bits per heavy atom. The molecular weight excluding hydrogens is 331 g/mol. The molecule has 17 heavy (non-hydrogen) atoms. The van der Waals surface area contributed by atoms with Crippen molar-refractivity contribution in [2.45, 2.75) is 37.8 Å². The number of hydrogen-bond acceptors (Lipinski definition) is 3. The van der Waals surface area contributed by atoms with Crippen LogP contribution in [-0.4, -0.2) is 34.6 Å². The average Bonchev–Trinajstić information content (AvgIpc) is 2.28. The maximum Gasteiger partial charge on any atom is 0.251 e. The first-order valence-corrected chi connectivity index (χ1v) is 9.06. The van der Waals surface area contributed by atoms with Crippen molar-refractivity contribution in [2.24, 2.45) is 9.06 Å². The van der Waals surface area contributed by atoms with E-state index in [0.717, 1.165) is 6.42 Å². The molecule has 98 valence electrons. The molecule has 5 heteroatoms. The Labute approximate surface area is 113 Å². The van der Waals surface area contributed by atoms with E-state index < -0.39 is 6.10 Å². The molecule has 0 aromatic heterocycles. The van der Waals surface area contributed by atoms with Crippen molar-refractivity contribution in [1.82, 2.24) is 5.32 Å². The van der Waals surface area contributed by atoms with E-state index in [1.165, 1.54) is 19.3 Å². The summed E-state index contributed by atoms with van der Waals surface area (Å²) in [6.07, 6.45) is 5.18. The SMILES string of the molecule is C=CCNC(=O)C(O)C(CC1CCC1)/N=I\C. The fraction of sp³-hybridized carbons (Fsp3) is 0.750. The van der Waals surface area contributed by atoms with Gasteiger partial charge in [0.1, 0.15) is 0 Å². The molecule has 0 aliphatic heterocycles. The second kappa shape index (κ2) is 7.92. The lowest BCUT2D eigenvalue weighted by atomic mass is 9.80. The van der Waals surface area contributed by atoms with Crippen LogP contribution in [-0.2, 0) is 4.79 Å². The smallest absolute Gasteiger partial charge is 0.251 e. The van der Waals surface area contributed by atoms with E-state index in [1.54, 1.807) is 6.08 Å². The molecule has 1 saturated carbocycles. The predicted octanol–water partition coefficient (Wildman–Crippen LogP) is 1.99. The Balaban J connectivity index is 2.48. The summed E-state index contributed by atoms with van der Waals surface area (Å²) in [5.74, 6) is 0.330. The Morgan fingerprint density at radius 3 is 2.88 bits per heavy atom. The molecule has 0 saturated heterocycles. The molecule has 0 radical (unpaired) electrons. The second-order valence-corrected chi connectivity index (χ2v) is 5.87. The molecule has 2 atom stereocenters. The lowest BCUT2D eigenvalue weighted by Crippen LogP contribution is -2.42. The van der Waals surface area contributed by atoms with Crippen molar-refractivity contribution >= 4 is 26.9 Å². The summed E-state index contributed by atoms with van der Waals surface area (Å²) in [4.78, 5) is 13.7. The number of hydrogen-bond donors (Lipinski definition) is 2. The van der Waals surface area contributed by atoms with Crippen LogP contribution >= 0.6 is 21.0 Å². The van der Waals surface area contributed by atoms with Crippen molar-refractivity contribution < 1.29 is 9.90 Å². The molecule has 2 unspecified atom stereocenters. The highest BCUT2D eigenvalue weighted by Crippen LogP contribution is 2.32. The van der Waals surface area contributed by atoms with Gasteiger partial charge in [-0.25, -0.2) is 0 Å². The topological polar surface area (TPSA) is 61.7 Å². The van der Waals surface area contributed by atoms with Crippen LogP contribution in [0.1, 0.15) is 25.7 Å². The largest absolute Gasteiger partial charge is 0.381 e. The normalized spacial score (nSPS) is 20.1. The Bertz CT molecular complexity index is 290. The minimum absolute atomic E-state index is 0.206. The molecule has 1 aliphatic rings. The van der Waals surface area contributed by atoms with Crippen LogP contribution in [0.25, 0.3) is 0 Å². The van der Waals surface area contributed by atoms with Gasteiger partial charge >= 0.3 is 0 Å². The fourth-order valence-corrected chi connectivity index (χ4v) is 3.12. The molecule has 0 spiro atoms. The Kier molecular flexibility index (Phi) is 6.87. The molecular formula is C12H21IN2O2. The van der Waals surface area contributed by atoms with Crippen molar-refractivity contribution in [3.63, 3.8) is 0 Å². The van der Waals surface area contributed by atoms with Gasteiger partial charge < -0.3 is 10.4 Å². The van der Waals surface area contributed by atoms with E-state index in [0.29, 0.717) is 12.5 Å². The first kappa shape index (κ1) is 14.8. The van der Waals surface area contributed by atoms with E-state index in [2.05, 4.69) is 15.0 Å². The summed E-state index contributed by atoms with van der Waals surface area (Å²) in [6.45, 7) is 3.93. The summed E-state index contributed by atoms with van der Waals surface area (Å²) in [6, 6.07) is -0.206. The lowest BCUT2D eigenvalue weighted by Gasteiger charge is -2.29. The van der Waals surface area contributed by atoms with Gasteiger partial charge in [0.2, 0.25) is 0 Å². The molecule has 1 amide bonds. The van der Waals surface area contributed by atoms with Crippen LogP contribution in [0.2, 0.25) is 0 Å². The zero-order valence-electron chi connectivity index (χ0n) is 10.2.